The second kappa shape index (κ2) is 5.41. The van der Waals surface area contributed by atoms with Gasteiger partial charge in [-0.3, -0.25) is 20.2 Å². The summed E-state index contributed by atoms with van der Waals surface area (Å²) >= 11 is 0. The van der Waals surface area contributed by atoms with Gasteiger partial charge in [-0.1, -0.05) is 6.07 Å². The third-order valence-electron chi connectivity index (χ3n) is 2.72. The Bertz CT molecular complexity index is 732. The number of aromatic nitrogens is 1. The molecule has 0 saturated carbocycles. The smallest absolute Gasteiger partial charge is 0.331 e. The summed E-state index contributed by atoms with van der Waals surface area (Å²) in [7, 11) is 0. The van der Waals surface area contributed by atoms with E-state index in [1.165, 1.54) is 31.2 Å². The third kappa shape index (κ3) is 2.86. The summed E-state index contributed by atoms with van der Waals surface area (Å²) in [6.45, 7) is 1.48. The lowest BCUT2D eigenvalue weighted by molar-refractivity contribution is -0.386. The number of nitro groups is 2. The zero-order chi connectivity index (χ0) is 15.6. The zero-order valence-corrected chi connectivity index (χ0v) is 10.8. The average Bonchev–Trinajstić information content (AvgIpc) is 2.40. The minimum Gasteiger partial charge on any atom is -0.433 e. The van der Waals surface area contributed by atoms with Crippen molar-refractivity contribution in [2.75, 3.05) is 5.73 Å². The first-order valence-corrected chi connectivity index (χ1v) is 5.73. The quantitative estimate of drug-likeness (QED) is 0.675. The summed E-state index contributed by atoms with van der Waals surface area (Å²) in [5.41, 5.74) is 5.18. The summed E-state index contributed by atoms with van der Waals surface area (Å²) in [6, 6.07) is 6.61. The van der Waals surface area contributed by atoms with Crippen LogP contribution in [-0.2, 0) is 0 Å². The van der Waals surface area contributed by atoms with Gasteiger partial charge < -0.3 is 10.5 Å². The number of nitrogens with two attached hydrogens (primary N) is 1. The molecular formula is C12H10N4O5. The fourth-order valence-electron chi connectivity index (χ4n) is 1.68. The molecule has 0 unspecified atom stereocenters. The van der Waals surface area contributed by atoms with E-state index in [0.29, 0.717) is 0 Å². The van der Waals surface area contributed by atoms with Crippen LogP contribution >= 0.6 is 0 Å². The van der Waals surface area contributed by atoms with E-state index in [2.05, 4.69) is 4.98 Å². The predicted molar refractivity (Wildman–Crippen MR) is 73.2 cm³/mol. The minimum absolute atomic E-state index is 0.0404. The molecule has 0 aliphatic rings. The standard InChI is InChI=1S/C12H10N4O5/c1-7-8(15(17)18)3-2-4-10(7)21-12-9(16(19)20)5-6-11(13)14-12/h2-6H,1H3,(H2,13,14). The number of ether oxygens (including phenoxy) is 1. The maximum absolute atomic E-state index is 10.9. The van der Waals surface area contributed by atoms with Gasteiger partial charge in [-0.15, -0.1) is 0 Å². The Morgan fingerprint density at radius 2 is 1.76 bits per heavy atom. The molecule has 21 heavy (non-hydrogen) atoms. The number of benzene rings is 1. The van der Waals surface area contributed by atoms with Crippen molar-refractivity contribution in [3.63, 3.8) is 0 Å². The van der Waals surface area contributed by atoms with E-state index in [0.717, 1.165) is 6.07 Å². The van der Waals surface area contributed by atoms with Crippen molar-refractivity contribution in [3.05, 3.63) is 56.1 Å². The van der Waals surface area contributed by atoms with Gasteiger partial charge in [0.15, 0.2) is 0 Å². The van der Waals surface area contributed by atoms with E-state index in [4.69, 9.17) is 10.5 Å². The Morgan fingerprint density at radius 3 is 2.38 bits per heavy atom. The maximum Gasteiger partial charge on any atom is 0.331 e. The lowest BCUT2D eigenvalue weighted by Crippen LogP contribution is -2.00. The van der Waals surface area contributed by atoms with E-state index in [1.807, 2.05) is 0 Å². The van der Waals surface area contributed by atoms with Crippen molar-refractivity contribution in [2.24, 2.45) is 0 Å². The van der Waals surface area contributed by atoms with Gasteiger partial charge in [-0.2, -0.15) is 4.98 Å². The topological polar surface area (TPSA) is 134 Å². The molecule has 2 N–H and O–H groups in total. The van der Waals surface area contributed by atoms with Gasteiger partial charge in [0.1, 0.15) is 11.6 Å². The number of pyridine rings is 1. The van der Waals surface area contributed by atoms with Crippen molar-refractivity contribution < 1.29 is 14.6 Å². The number of anilines is 1. The van der Waals surface area contributed by atoms with Crippen molar-refractivity contribution in [3.8, 4) is 11.6 Å². The highest BCUT2D eigenvalue weighted by Gasteiger charge is 2.21. The SMILES string of the molecule is Cc1c(Oc2nc(N)ccc2[N+](=O)[O-])cccc1[N+](=O)[O-]. The first-order chi connectivity index (χ1) is 9.90. The van der Waals surface area contributed by atoms with Gasteiger partial charge in [0.05, 0.1) is 15.4 Å². The zero-order valence-electron chi connectivity index (χ0n) is 10.8. The molecule has 0 aliphatic carbocycles. The van der Waals surface area contributed by atoms with Crippen LogP contribution in [0.3, 0.4) is 0 Å². The van der Waals surface area contributed by atoms with Crippen LogP contribution in [-0.4, -0.2) is 14.8 Å². The van der Waals surface area contributed by atoms with Crippen LogP contribution in [0.1, 0.15) is 5.56 Å². The molecule has 1 aromatic heterocycles. The van der Waals surface area contributed by atoms with Gasteiger partial charge in [0.25, 0.3) is 5.69 Å². The number of hydrogen-bond donors (Lipinski definition) is 1. The Hall–Kier alpha value is -3.23. The van der Waals surface area contributed by atoms with Crippen molar-refractivity contribution >= 4 is 17.2 Å². The Balaban J connectivity index is 2.48. The van der Waals surface area contributed by atoms with Crippen LogP contribution in [0.25, 0.3) is 0 Å². The summed E-state index contributed by atoms with van der Waals surface area (Å²) in [5.74, 6) is -0.173. The maximum atomic E-state index is 10.9. The molecule has 1 aromatic carbocycles. The molecule has 0 saturated heterocycles. The summed E-state index contributed by atoms with van der Waals surface area (Å²) in [4.78, 5) is 24.3. The van der Waals surface area contributed by atoms with Crippen LogP contribution < -0.4 is 10.5 Å². The highest BCUT2D eigenvalue weighted by Crippen LogP contribution is 2.34. The molecule has 0 radical (unpaired) electrons. The van der Waals surface area contributed by atoms with Gasteiger partial charge >= 0.3 is 11.6 Å². The fraction of sp³-hybridized carbons (Fsp3) is 0.0833. The molecule has 9 nitrogen and oxygen atoms in total. The van der Waals surface area contributed by atoms with E-state index in [9.17, 15) is 20.2 Å². The predicted octanol–water partition coefficient (Wildman–Crippen LogP) is 2.58. The molecule has 0 atom stereocenters. The molecule has 0 bridgehead atoms. The van der Waals surface area contributed by atoms with E-state index >= 15 is 0 Å². The Kier molecular flexibility index (Phi) is 3.65. The number of rotatable bonds is 4. The normalized spacial score (nSPS) is 10.1. The van der Waals surface area contributed by atoms with E-state index in [-0.39, 0.29) is 34.4 Å². The van der Waals surface area contributed by atoms with Crippen molar-refractivity contribution in [2.45, 2.75) is 6.92 Å². The first-order valence-electron chi connectivity index (χ1n) is 5.73. The van der Waals surface area contributed by atoms with E-state index in [1.54, 1.807) is 0 Å². The van der Waals surface area contributed by atoms with E-state index < -0.39 is 9.85 Å². The molecule has 1 heterocycles. The third-order valence-corrected chi connectivity index (χ3v) is 2.72. The number of hydrogen-bond acceptors (Lipinski definition) is 7. The molecular weight excluding hydrogens is 280 g/mol. The second-order valence-electron chi connectivity index (χ2n) is 4.08. The highest BCUT2D eigenvalue weighted by molar-refractivity contribution is 5.53. The Morgan fingerprint density at radius 1 is 1.10 bits per heavy atom. The summed E-state index contributed by atoms with van der Waals surface area (Å²) < 4.78 is 5.34. The van der Waals surface area contributed by atoms with Gasteiger partial charge in [0.2, 0.25) is 0 Å². The number of nitrogen functional groups attached to an aromatic ring is 1. The molecule has 0 spiro atoms. The minimum atomic E-state index is -0.672. The van der Waals surface area contributed by atoms with Gasteiger partial charge in [-0.05, 0) is 19.1 Å². The van der Waals surface area contributed by atoms with Crippen LogP contribution in [0.2, 0.25) is 0 Å². The van der Waals surface area contributed by atoms with Gasteiger partial charge in [-0.25, -0.2) is 0 Å². The number of nitro benzene ring substituents is 1. The van der Waals surface area contributed by atoms with Crippen LogP contribution in [0.5, 0.6) is 11.6 Å². The monoisotopic (exact) mass is 290 g/mol. The highest BCUT2D eigenvalue weighted by atomic mass is 16.6. The largest absolute Gasteiger partial charge is 0.433 e. The summed E-state index contributed by atoms with van der Waals surface area (Å²) in [5, 5.41) is 21.8. The molecule has 2 aromatic rings. The Labute approximate surface area is 118 Å². The fourth-order valence-corrected chi connectivity index (χ4v) is 1.68. The molecule has 108 valence electrons. The van der Waals surface area contributed by atoms with Gasteiger partial charge in [0, 0.05) is 12.1 Å². The number of nitrogens with zero attached hydrogens (tertiary/aromatic N) is 3. The van der Waals surface area contributed by atoms with Crippen molar-refractivity contribution in [1.82, 2.24) is 4.98 Å². The lowest BCUT2D eigenvalue weighted by Gasteiger charge is -2.08. The first kappa shape index (κ1) is 14.2. The second-order valence-corrected chi connectivity index (χ2v) is 4.08. The van der Waals surface area contributed by atoms with Crippen LogP contribution in [0.4, 0.5) is 17.2 Å². The van der Waals surface area contributed by atoms with Crippen molar-refractivity contribution in [1.29, 1.82) is 0 Å². The molecule has 0 amide bonds. The lowest BCUT2D eigenvalue weighted by atomic mass is 10.2. The summed E-state index contributed by atoms with van der Waals surface area (Å²) in [6.07, 6.45) is 0. The average molecular weight is 290 g/mol. The molecule has 9 heteroatoms. The molecule has 2 rings (SSSR count). The molecule has 0 aliphatic heterocycles. The molecule has 0 fully saturated rings. The van der Waals surface area contributed by atoms with Crippen LogP contribution in [0, 0.1) is 27.2 Å². The van der Waals surface area contributed by atoms with Crippen LogP contribution in [0.15, 0.2) is 30.3 Å².